The van der Waals surface area contributed by atoms with Gasteiger partial charge in [-0.2, -0.15) is 10.4 Å². The van der Waals surface area contributed by atoms with Crippen LogP contribution in [0.1, 0.15) is 55.7 Å². The third-order valence-corrected chi connectivity index (χ3v) is 10.6. The molecule has 0 radical (unpaired) electrons. The number of benzene rings is 2. The first-order valence-corrected chi connectivity index (χ1v) is 16.6. The second kappa shape index (κ2) is 11.6. The molecule has 1 saturated heterocycles. The summed E-state index contributed by atoms with van der Waals surface area (Å²) in [7, 11) is -2.99. The Hall–Kier alpha value is -4.04. The molecule has 1 aromatic heterocycles. The van der Waals surface area contributed by atoms with Gasteiger partial charge in [0.25, 0.3) is 0 Å². The molecule has 2 atom stereocenters. The molecule has 2 aliphatic carbocycles. The van der Waals surface area contributed by atoms with Crippen molar-refractivity contribution in [1.29, 1.82) is 5.26 Å². The van der Waals surface area contributed by atoms with Gasteiger partial charge in [0.15, 0.2) is 9.84 Å². The van der Waals surface area contributed by atoms with Gasteiger partial charge >= 0.3 is 0 Å². The summed E-state index contributed by atoms with van der Waals surface area (Å²) in [4.78, 5) is 19.4. The van der Waals surface area contributed by atoms with E-state index in [1.807, 2.05) is 30.5 Å². The van der Waals surface area contributed by atoms with Gasteiger partial charge in [-0.05, 0) is 67.8 Å². The first-order valence-electron chi connectivity index (χ1n) is 14.8. The highest BCUT2D eigenvalue weighted by atomic mass is 32.2. The van der Waals surface area contributed by atoms with Gasteiger partial charge in [-0.1, -0.05) is 31.0 Å². The molecular weight excluding hydrogens is 567 g/mol. The summed E-state index contributed by atoms with van der Waals surface area (Å²) in [5.41, 5.74) is 3.61. The van der Waals surface area contributed by atoms with E-state index in [0.29, 0.717) is 50.1 Å². The maximum absolute atomic E-state index is 15.3. The SMILES string of the molecule is C=NCc1ccc(-n2cc(-c3ccc(N4CCS(=O)(=O)CC4)cc3)c(C3CCCCC3C(=O)NC3(C#N)CC3)n2)c(F)c1. The van der Waals surface area contributed by atoms with Gasteiger partial charge < -0.3 is 10.2 Å². The number of nitrogens with zero attached hydrogens (tertiary/aromatic N) is 5. The Labute approximate surface area is 251 Å². The first kappa shape index (κ1) is 29.1. The Morgan fingerprint density at radius 1 is 1.14 bits per heavy atom. The highest BCUT2D eigenvalue weighted by Crippen LogP contribution is 2.43. The number of anilines is 1. The fraction of sp³-hybridized carbons (Fsp3) is 0.438. The number of sulfone groups is 1. The van der Waals surface area contributed by atoms with Crippen LogP contribution in [0, 0.1) is 23.1 Å². The van der Waals surface area contributed by atoms with Crippen molar-refractivity contribution in [1.82, 2.24) is 15.1 Å². The van der Waals surface area contributed by atoms with Crippen LogP contribution in [0.5, 0.6) is 0 Å². The van der Waals surface area contributed by atoms with Crippen molar-refractivity contribution < 1.29 is 17.6 Å². The Balaban J connectivity index is 1.37. The summed E-state index contributed by atoms with van der Waals surface area (Å²) in [5, 5.41) is 17.5. The van der Waals surface area contributed by atoms with Crippen LogP contribution in [0.15, 0.2) is 53.7 Å². The second-order valence-electron chi connectivity index (χ2n) is 11.9. The lowest BCUT2D eigenvalue weighted by atomic mass is 9.75. The number of rotatable bonds is 8. The van der Waals surface area contributed by atoms with Crippen LogP contribution in [0.2, 0.25) is 0 Å². The molecule has 43 heavy (non-hydrogen) atoms. The number of carbonyl (C=O) groups is 1. The molecule has 9 nitrogen and oxygen atoms in total. The number of nitriles is 1. The molecule has 1 N–H and O–H groups in total. The minimum atomic E-state index is -2.99. The highest BCUT2D eigenvalue weighted by Gasteiger charge is 2.47. The van der Waals surface area contributed by atoms with Crippen molar-refractivity contribution in [2.45, 2.75) is 56.5 Å². The predicted octanol–water partition coefficient (Wildman–Crippen LogP) is 4.56. The fourth-order valence-corrected chi connectivity index (χ4v) is 7.48. The van der Waals surface area contributed by atoms with Crippen molar-refractivity contribution in [2.24, 2.45) is 10.9 Å². The molecule has 3 fully saturated rings. The minimum absolute atomic E-state index is 0.118. The second-order valence-corrected chi connectivity index (χ2v) is 14.2. The molecule has 0 spiro atoms. The molecule has 3 aromatic rings. The number of carbonyl (C=O) groups excluding carboxylic acids is 1. The molecule has 1 amide bonds. The minimum Gasteiger partial charge on any atom is -0.369 e. The lowest BCUT2D eigenvalue weighted by molar-refractivity contribution is -0.127. The number of hydrogen-bond donors (Lipinski definition) is 1. The number of aliphatic imine (C=N–C) groups is 1. The van der Waals surface area contributed by atoms with E-state index in [1.54, 1.807) is 16.8 Å². The van der Waals surface area contributed by atoms with E-state index >= 15 is 4.39 Å². The summed E-state index contributed by atoms with van der Waals surface area (Å²) in [6.45, 7) is 4.70. The van der Waals surface area contributed by atoms with Gasteiger partial charge in [0, 0.05) is 42.4 Å². The van der Waals surface area contributed by atoms with Gasteiger partial charge in [-0.3, -0.25) is 9.79 Å². The molecule has 2 saturated carbocycles. The first-order chi connectivity index (χ1) is 20.7. The Morgan fingerprint density at radius 3 is 2.51 bits per heavy atom. The number of aromatic nitrogens is 2. The van der Waals surface area contributed by atoms with Crippen LogP contribution < -0.4 is 10.2 Å². The van der Waals surface area contributed by atoms with Crippen molar-refractivity contribution in [3.05, 3.63) is 65.7 Å². The van der Waals surface area contributed by atoms with Gasteiger partial charge in [-0.15, -0.1) is 0 Å². The van der Waals surface area contributed by atoms with Crippen LogP contribution in [0.4, 0.5) is 10.1 Å². The maximum Gasteiger partial charge on any atom is 0.225 e. The summed E-state index contributed by atoms with van der Waals surface area (Å²) < 4.78 is 40.7. The van der Waals surface area contributed by atoms with E-state index in [4.69, 9.17) is 5.10 Å². The predicted molar refractivity (Wildman–Crippen MR) is 163 cm³/mol. The van der Waals surface area contributed by atoms with Crippen molar-refractivity contribution in [2.75, 3.05) is 29.5 Å². The zero-order valence-corrected chi connectivity index (χ0v) is 24.8. The topological polar surface area (TPSA) is 120 Å². The average Bonchev–Trinajstić information content (AvgIpc) is 3.64. The molecule has 2 unspecified atom stereocenters. The van der Waals surface area contributed by atoms with E-state index in [2.05, 4.69) is 28.0 Å². The smallest absolute Gasteiger partial charge is 0.225 e. The Morgan fingerprint density at radius 2 is 1.86 bits per heavy atom. The molecule has 2 aromatic carbocycles. The average molecular weight is 603 g/mol. The zero-order valence-electron chi connectivity index (χ0n) is 24.0. The monoisotopic (exact) mass is 602 g/mol. The molecule has 1 aliphatic heterocycles. The normalized spacial score (nSPS) is 22.4. The fourth-order valence-electron chi connectivity index (χ4n) is 6.28. The third-order valence-electron chi connectivity index (χ3n) is 8.96. The van der Waals surface area contributed by atoms with E-state index < -0.39 is 21.2 Å². The molecule has 224 valence electrons. The Bertz CT molecular complexity index is 1680. The molecular formula is C32H35FN6O3S. The molecule has 6 rings (SSSR count). The van der Waals surface area contributed by atoms with Crippen LogP contribution in [-0.2, 0) is 21.2 Å². The summed E-state index contributed by atoms with van der Waals surface area (Å²) in [6, 6.07) is 15.1. The van der Waals surface area contributed by atoms with Crippen LogP contribution in [0.3, 0.4) is 0 Å². The van der Waals surface area contributed by atoms with Crippen LogP contribution in [-0.4, -0.2) is 61.0 Å². The lowest BCUT2D eigenvalue weighted by Gasteiger charge is -2.31. The number of halogens is 1. The number of hydrogen-bond acceptors (Lipinski definition) is 7. The highest BCUT2D eigenvalue weighted by molar-refractivity contribution is 7.91. The molecule has 11 heteroatoms. The van der Waals surface area contributed by atoms with E-state index in [1.165, 1.54) is 6.07 Å². The van der Waals surface area contributed by atoms with E-state index in [9.17, 15) is 18.5 Å². The summed E-state index contributed by atoms with van der Waals surface area (Å²) in [6.07, 6.45) is 6.46. The van der Waals surface area contributed by atoms with E-state index in [0.717, 1.165) is 41.8 Å². The zero-order chi connectivity index (χ0) is 30.2. The van der Waals surface area contributed by atoms with Gasteiger partial charge in [0.05, 0.1) is 29.8 Å². The maximum atomic E-state index is 15.3. The van der Waals surface area contributed by atoms with Gasteiger partial charge in [-0.25, -0.2) is 17.5 Å². The number of amides is 1. The van der Waals surface area contributed by atoms with Crippen LogP contribution >= 0.6 is 0 Å². The number of nitrogens with one attached hydrogen (secondary N) is 1. The molecule has 3 aliphatic rings. The lowest BCUT2D eigenvalue weighted by Crippen LogP contribution is -2.42. The van der Waals surface area contributed by atoms with Gasteiger partial charge in [0.1, 0.15) is 17.0 Å². The molecule has 2 heterocycles. The summed E-state index contributed by atoms with van der Waals surface area (Å²) >= 11 is 0. The molecule has 0 bridgehead atoms. The largest absolute Gasteiger partial charge is 0.369 e. The van der Waals surface area contributed by atoms with Crippen molar-refractivity contribution >= 4 is 28.1 Å². The standard InChI is InChI=1S/C32H35FN6O3S/c1-35-19-22-6-11-29(28(33)18-22)39-20-27(23-7-9-24(10-8-23)38-14-16-43(41,42)17-15-38)30(37-39)25-4-2-3-5-26(25)31(40)36-32(21-34)12-13-32/h6-11,18,20,25-26H,1-5,12-17,19H2,(H,36,40). The van der Waals surface area contributed by atoms with E-state index in [-0.39, 0.29) is 29.2 Å². The summed E-state index contributed by atoms with van der Waals surface area (Å²) in [5.74, 6) is -0.818. The third kappa shape index (κ3) is 6.07. The van der Waals surface area contributed by atoms with Crippen molar-refractivity contribution in [3.63, 3.8) is 0 Å². The van der Waals surface area contributed by atoms with Crippen LogP contribution in [0.25, 0.3) is 16.8 Å². The Kier molecular flexibility index (Phi) is 7.81. The van der Waals surface area contributed by atoms with Crippen molar-refractivity contribution in [3.8, 4) is 22.9 Å². The van der Waals surface area contributed by atoms with Gasteiger partial charge in [0.2, 0.25) is 5.91 Å². The quantitative estimate of drug-likeness (QED) is 0.378.